The van der Waals surface area contributed by atoms with Crippen LogP contribution in [0.1, 0.15) is 25.0 Å². The lowest BCUT2D eigenvalue weighted by Crippen LogP contribution is -2.41. The largest absolute Gasteiger partial charge is 0.457 e. The first kappa shape index (κ1) is 17.2. The zero-order chi connectivity index (χ0) is 17.5. The number of pyridine rings is 1. The van der Waals surface area contributed by atoms with Crippen LogP contribution in [0.2, 0.25) is 0 Å². The first-order valence-corrected chi connectivity index (χ1v) is 8.70. The lowest BCUT2D eigenvalue weighted by atomic mass is 10.1. The van der Waals surface area contributed by atoms with Crippen LogP contribution in [0.4, 0.5) is 0 Å². The molecule has 1 saturated heterocycles. The highest BCUT2D eigenvalue weighted by Crippen LogP contribution is 2.20. The smallest absolute Gasteiger partial charge is 0.189 e. The van der Waals surface area contributed by atoms with Crippen molar-refractivity contribution in [3.05, 3.63) is 54.4 Å². The van der Waals surface area contributed by atoms with Crippen molar-refractivity contribution in [1.29, 1.82) is 0 Å². The van der Waals surface area contributed by atoms with E-state index < -0.39 is 0 Å². The summed E-state index contributed by atoms with van der Waals surface area (Å²) in [5.41, 5.74) is 9.42. The normalized spacial score (nSPS) is 14.9. The minimum Gasteiger partial charge on any atom is -0.457 e. The zero-order valence-corrected chi connectivity index (χ0v) is 14.7. The molecule has 2 aromatic rings. The van der Waals surface area contributed by atoms with Crippen LogP contribution in [0, 0.1) is 0 Å². The molecule has 1 aliphatic rings. The lowest BCUT2D eigenvalue weighted by Gasteiger charge is -2.28. The fourth-order valence-corrected chi connectivity index (χ4v) is 2.80. The van der Waals surface area contributed by atoms with Gasteiger partial charge in [0.25, 0.3) is 0 Å². The van der Waals surface area contributed by atoms with Gasteiger partial charge in [-0.2, -0.15) is 5.10 Å². The predicted molar refractivity (Wildman–Crippen MR) is 103 cm³/mol. The van der Waals surface area contributed by atoms with Crippen molar-refractivity contribution in [3.8, 4) is 11.5 Å². The van der Waals surface area contributed by atoms with Gasteiger partial charge in [0, 0.05) is 25.4 Å². The number of likely N-dealkylation sites (tertiary alicyclic amines) is 1. The fourth-order valence-electron chi connectivity index (χ4n) is 2.57. The molecule has 0 atom stereocenters. The first-order chi connectivity index (χ1) is 12.2. The Morgan fingerprint density at radius 2 is 1.88 bits per heavy atom. The van der Waals surface area contributed by atoms with E-state index in [4.69, 9.17) is 22.7 Å². The molecule has 1 aliphatic heterocycles. The van der Waals surface area contributed by atoms with Gasteiger partial charge >= 0.3 is 0 Å². The summed E-state index contributed by atoms with van der Waals surface area (Å²) in [4.78, 5) is 6.35. The van der Waals surface area contributed by atoms with Crippen molar-refractivity contribution in [1.82, 2.24) is 15.3 Å². The average molecular weight is 355 g/mol. The molecule has 0 amide bonds. The van der Waals surface area contributed by atoms with Crippen LogP contribution in [0.3, 0.4) is 0 Å². The number of aromatic nitrogens is 1. The number of rotatable bonds is 4. The molecule has 0 radical (unpaired) electrons. The molecule has 0 saturated carbocycles. The summed E-state index contributed by atoms with van der Waals surface area (Å²) in [7, 11) is 0. The second-order valence-corrected chi connectivity index (χ2v) is 6.14. The van der Waals surface area contributed by atoms with E-state index in [0.29, 0.717) is 16.6 Å². The van der Waals surface area contributed by atoms with E-state index >= 15 is 0 Å². The fraction of sp³-hybridized carbons (Fsp3) is 0.278. The van der Waals surface area contributed by atoms with Crippen LogP contribution in [0.15, 0.2) is 53.8 Å². The Labute approximate surface area is 152 Å². The summed E-state index contributed by atoms with van der Waals surface area (Å²) >= 11 is 5.36. The molecule has 7 heteroatoms. The molecule has 0 bridgehead atoms. The van der Waals surface area contributed by atoms with E-state index in [9.17, 15) is 0 Å². The number of piperidine rings is 1. The van der Waals surface area contributed by atoms with Gasteiger partial charge in [-0.05, 0) is 49.7 Å². The van der Waals surface area contributed by atoms with Gasteiger partial charge in [0.05, 0.1) is 0 Å². The zero-order valence-electron chi connectivity index (χ0n) is 13.9. The van der Waals surface area contributed by atoms with Gasteiger partial charge in [-0.3, -0.25) is 10.4 Å². The van der Waals surface area contributed by atoms with Crippen molar-refractivity contribution in [2.24, 2.45) is 10.8 Å². The van der Waals surface area contributed by atoms with Gasteiger partial charge in [0.15, 0.2) is 10.9 Å². The highest BCUT2D eigenvalue weighted by Gasteiger charge is 2.13. The summed E-state index contributed by atoms with van der Waals surface area (Å²) in [6.45, 7) is 1.92. The summed E-state index contributed by atoms with van der Waals surface area (Å²) in [5, 5.41) is 4.76. The van der Waals surface area contributed by atoms with E-state index in [1.807, 2.05) is 30.3 Å². The molecule has 3 N–H and O–H groups in total. The van der Waals surface area contributed by atoms with E-state index in [2.05, 4.69) is 20.4 Å². The quantitative estimate of drug-likeness (QED) is 0.380. The number of ether oxygens (including phenoxy) is 1. The number of nitrogens with one attached hydrogen (secondary N) is 1. The van der Waals surface area contributed by atoms with Crippen molar-refractivity contribution < 1.29 is 4.74 Å². The van der Waals surface area contributed by atoms with E-state index in [0.717, 1.165) is 31.7 Å². The lowest BCUT2D eigenvalue weighted by molar-refractivity contribution is 0.338. The number of nitrogens with zero attached hydrogens (tertiary/aromatic N) is 3. The van der Waals surface area contributed by atoms with E-state index in [1.54, 1.807) is 18.3 Å². The molecular weight excluding hydrogens is 334 g/mol. The third kappa shape index (κ3) is 4.90. The van der Waals surface area contributed by atoms with Crippen LogP contribution in [-0.4, -0.2) is 33.9 Å². The maximum atomic E-state index is 6.03. The molecule has 25 heavy (non-hydrogen) atoms. The molecule has 1 fully saturated rings. The van der Waals surface area contributed by atoms with E-state index in [1.165, 1.54) is 6.42 Å². The number of para-hydroxylation sites is 1. The molecule has 1 aromatic heterocycles. The Morgan fingerprint density at radius 1 is 1.12 bits per heavy atom. The van der Waals surface area contributed by atoms with Crippen LogP contribution >= 0.6 is 12.2 Å². The number of nitrogens with two attached hydrogens (primary N) is 1. The van der Waals surface area contributed by atoms with Crippen molar-refractivity contribution in [2.75, 3.05) is 13.1 Å². The maximum Gasteiger partial charge on any atom is 0.189 e. The third-order valence-corrected chi connectivity index (χ3v) is 4.24. The molecule has 0 spiro atoms. The van der Waals surface area contributed by atoms with E-state index in [-0.39, 0.29) is 5.84 Å². The maximum absolute atomic E-state index is 6.03. The minimum atomic E-state index is 0.262. The summed E-state index contributed by atoms with van der Waals surface area (Å²) in [6, 6.07) is 13.1. The number of thiocarbonyl (C=S) groups is 1. The van der Waals surface area contributed by atoms with Gasteiger partial charge < -0.3 is 15.4 Å². The Balaban J connectivity index is 1.64. The van der Waals surface area contributed by atoms with Gasteiger partial charge in [-0.15, -0.1) is 0 Å². The number of amidine groups is 1. The van der Waals surface area contributed by atoms with Gasteiger partial charge in [-0.1, -0.05) is 18.2 Å². The molecule has 0 unspecified atom stereocenters. The molecule has 130 valence electrons. The molecule has 2 heterocycles. The number of hydrogen-bond acceptors (Lipinski definition) is 4. The molecule has 1 aromatic carbocycles. The molecule has 3 rings (SSSR count). The van der Waals surface area contributed by atoms with Crippen LogP contribution in [0.5, 0.6) is 11.5 Å². The first-order valence-electron chi connectivity index (χ1n) is 8.30. The van der Waals surface area contributed by atoms with Crippen molar-refractivity contribution in [3.63, 3.8) is 0 Å². The summed E-state index contributed by atoms with van der Waals surface area (Å²) < 4.78 is 5.78. The van der Waals surface area contributed by atoms with Crippen LogP contribution < -0.4 is 15.9 Å². The second-order valence-electron chi connectivity index (χ2n) is 5.75. The average Bonchev–Trinajstić information content (AvgIpc) is 2.67. The number of hydrogen-bond donors (Lipinski definition) is 2. The van der Waals surface area contributed by atoms with Crippen LogP contribution in [0.25, 0.3) is 0 Å². The molecule has 6 nitrogen and oxygen atoms in total. The number of hydrazone groups is 1. The SMILES string of the molecule is NC(=NNC(=S)N1CCCCC1)c1cc(Oc2ccccc2)ccn1. The van der Waals surface area contributed by atoms with Gasteiger partial charge in [-0.25, -0.2) is 0 Å². The standard InChI is InChI=1S/C18H21N5OS/c19-17(21-22-18(25)23-11-5-2-6-12-23)16-13-15(9-10-20-16)24-14-7-3-1-4-8-14/h1,3-4,7-10,13H,2,5-6,11-12H2,(H2,19,21)(H,22,25). The van der Waals surface area contributed by atoms with Crippen LogP contribution in [-0.2, 0) is 0 Å². The Hall–Kier alpha value is -2.67. The van der Waals surface area contributed by atoms with Gasteiger partial charge in [0.1, 0.15) is 17.2 Å². The highest BCUT2D eigenvalue weighted by atomic mass is 32.1. The topological polar surface area (TPSA) is 75.8 Å². The third-order valence-electron chi connectivity index (χ3n) is 3.89. The Morgan fingerprint density at radius 3 is 2.64 bits per heavy atom. The van der Waals surface area contributed by atoms with Crippen molar-refractivity contribution in [2.45, 2.75) is 19.3 Å². The summed E-state index contributed by atoms with van der Waals surface area (Å²) in [5.74, 6) is 1.66. The Bertz CT molecular complexity index is 744. The predicted octanol–water partition coefficient (Wildman–Crippen LogP) is 2.85. The summed E-state index contributed by atoms with van der Waals surface area (Å²) in [6.07, 6.45) is 5.20. The number of benzene rings is 1. The molecular formula is C18H21N5OS. The van der Waals surface area contributed by atoms with Gasteiger partial charge in [0.2, 0.25) is 0 Å². The Kier molecular flexibility index (Phi) is 5.79. The molecule has 0 aliphatic carbocycles. The van der Waals surface area contributed by atoms with Crippen molar-refractivity contribution >= 4 is 23.2 Å². The monoisotopic (exact) mass is 355 g/mol. The second kappa shape index (κ2) is 8.43. The minimum absolute atomic E-state index is 0.262. The highest BCUT2D eigenvalue weighted by molar-refractivity contribution is 7.80.